The summed E-state index contributed by atoms with van der Waals surface area (Å²) in [4.78, 5) is 3.74. The third-order valence-corrected chi connectivity index (χ3v) is 8.03. The van der Waals surface area contributed by atoms with Crippen molar-refractivity contribution in [3.05, 3.63) is 108 Å². The van der Waals surface area contributed by atoms with Crippen LogP contribution in [0, 0.1) is 0 Å². The van der Waals surface area contributed by atoms with Gasteiger partial charge in [-0.05, 0) is 70.8 Å². The molecular formula is C28H16F6S2. The van der Waals surface area contributed by atoms with Crippen LogP contribution in [-0.2, 0) is 12.4 Å². The minimum absolute atomic E-state index is 0.673. The molecule has 0 N–H and O–H groups in total. The molecule has 3 aromatic carbocycles. The highest BCUT2D eigenvalue weighted by Gasteiger charge is 2.30. The first-order chi connectivity index (χ1) is 17.1. The lowest BCUT2D eigenvalue weighted by atomic mass is 10.1. The predicted molar refractivity (Wildman–Crippen MR) is 134 cm³/mol. The van der Waals surface area contributed by atoms with Crippen LogP contribution in [0.3, 0.4) is 0 Å². The second-order valence-corrected chi connectivity index (χ2v) is 10.2. The molecule has 0 aliphatic rings. The number of benzene rings is 3. The van der Waals surface area contributed by atoms with E-state index in [1.165, 1.54) is 46.9 Å². The smallest absolute Gasteiger partial charge is 0.166 e. The van der Waals surface area contributed by atoms with E-state index in [4.69, 9.17) is 0 Å². The molecule has 0 atom stereocenters. The number of hydrogen-bond acceptors (Lipinski definition) is 2. The molecule has 182 valence electrons. The van der Waals surface area contributed by atoms with E-state index in [-0.39, 0.29) is 0 Å². The Bertz CT molecular complexity index is 1350. The van der Waals surface area contributed by atoms with Crippen molar-refractivity contribution in [3.8, 4) is 41.8 Å². The standard InChI is InChI=1S/C28H16F6S2/c29-27(30,31)21-9-5-19(6-10-21)25-15-13-23(35-25)17-1-2-18(4-3-17)24-14-16-26(36-24)20-7-11-22(12-8-20)28(32,33)34/h1-16H. The van der Waals surface area contributed by atoms with Crippen molar-refractivity contribution < 1.29 is 26.3 Å². The van der Waals surface area contributed by atoms with Gasteiger partial charge >= 0.3 is 12.4 Å². The maximum atomic E-state index is 12.8. The van der Waals surface area contributed by atoms with Crippen molar-refractivity contribution >= 4 is 22.7 Å². The minimum Gasteiger partial charge on any atom is -0.166 e. The highest BCUT2D eigenvalue weighted by molar-refractivity contribution is 7.19. The molecule has 5 rings (SSSR count). The van der Waals surface area contributed by atoms with Crippen molar-refractivity contribution in [3.63, 3.8) is 0 Å². The molecule has 0 aliphatic carbocycles. The molecule has 0 fully saturated rings. The lowest BCUT2D eigenvalue weighted by molar-refractivity contribution is -0.138. The van der Waals surface area contributed by atoms with Gasteiger partial charge in [-0.3, -0.25) is 0 Å². The van der Waals surface area contributed by atoms with Crippen LogP contribution in [0.1, 0.15) is 11.1 Å². The normalized spacial score (nSPS) is 12.2. The fourth-order valence-electron chi connectivity index (χ4n) is 3.74. The summed E-state index contributed by atoms with van der Waals surface area (Å²) >= 11 is 3.00. The van der Waals surface area contributed by atoms with Gasteiger partial charge in [-0.2, -0.15) is 26.3 Å². The summed E-state index contributed by atoms with van der Waals surface area (Å²) in [6, 6.07) is 25.9. The molecular weight excluding hydrogens is 514 g/mol. The summed E-state index contributed by atoms with van der Waals surface area (Å²) in [5, 5.41) is 0. The largest absolute Gasteiger partial charge is 0.416 e. The molecule has 2 heterocycles. The number of alkyl halides is 6. The van der Waals surface area contributed by atoms with Crippen LogP contribution in [0.4, 0.5) is 26.3 Å². The third kappa shape index (κ3) is 5.10. The predicted octanol–water partition coefficient (Wildman–Crippen LogP) is 10.5. The number of thiophene rings is 2. The Morgan fingerprint density at radius 3 is 0.778 bits per heavy atom. The molecule has 2 aromatic heterocycles. The fourth-order valence-corrected chi connectivity index (χ4v) is 5.78. The van der Waals surface area contributed by atoms with E-state index in [0.29, 0.717) is 0 Å². The summed E-state index contributed by atoms with van der Waals surface area (Å²) in [6.07, 6.45) is -8.72. The summed E-state index contributed by atoms with van der Waals surface area (Å²) < 4.78 is 76.9. The van der Waals surface area contributed by atoms with Crippen molar-refractivity contribution in [1.82, 2.24) is 0 Å². The van der Waals surface area contributed by atoms with Gasteiger partial charge in [0.2, 0.25) is 0 Å². The van der Waals surface area contributed by atoms with Gasteiger partial charge in [0.1, 0.15) is 0 Å². The van der Waals surface area contributed by atoms with Crippen LogP contribution in [0.2, 0.25) is 0 Å². The molecule has 0 saturated carbocycles. The van der Waals surface area contributed by atoms with Gasteiger partial charge in [0.05, 0.1) is 11.1 Å². The van der Waals surface area contributed by atoms with Crippen molar-refractivity contribution in [2.75, 3.05) is 0 Å². The molecule has 5 aromatic rings. The topological polar surface area (TPSA) is 0 Å². The second-order valence-electron chi connectivity index (χ2n) is 8.06. The Morgan fingerprint density at radius 1 is 0.333 bits per heavy atom. The van der Waals surface area contributed by atoms with E-state index in [1.54, 1.807) is 0 Å². The highest BCUT2D eigenvalue weighted by Crippen LogP contribution is 2.39. The zero-order chi connectivity index (χ0) is 25.5. The van der Waals surface area contributed by atoms with E-state index >= 15 is 0 Å². The number of hydrogen-bond donors (Lipinski definition) is 0. The Hall–Kier alpha value is -3.36. The molecule has 8 heteroatoms. The molecule has 0 radical (unpaired) electrons. The fraction of sp³-hybridized carbons (Fsp3) is 0.0714. The zero-order valence-electron chi connectivity index (χ0n) is 18.3. The average Bonchev–Trinajstić information content (AvgIpc) is 3.54. The SMILES string of the molecule is FC(F)(F)c1ccc(-c2ccc(-c3ccc(-c4ccc(-c5ccc(C(F)(F)F)cc5)s4)cc3)s2)cc1. The Labute approximate surface area is 211 Å². The van der Waals surface area contributed by atoms with Gasteiger partial charge in [-0.1, -0.05) is 48.5 Å². The molecule has 0 saturated heterocycles. The molecule has 0 aliphatic heterocycles. The summed E-state index contributed by atoms with van der Waals surface area (Å²) in [5.74, 6) is 0. The number of rotatable bonds is 4. The molecule has 0 bridgehead atoms. The molecule has 0 unspecified atom stereocenters. The van der Waals surface area contributed by atoms with E-state index in [2.05, 4.69) is 0 Å². The summed E-state index contributed by atoms with van der Waals surface area (Å²) in [5.41, 5.74) is 2.08. The van der Waals surface area contributed by atoms with Gasteiger partial charge in [0.25, 0.3) is 0 Å². The molecule has 0 nitrogen and oxygen atoms in total. The number of halogens is 6. The highest BCUT2D eigenvalue weighted by atomic mass is 32.1. The first-order valence-electron chi connectivity index (χ1n) is 10.7. The van der Waals surface area contributed by atoms with Gasteiger partial charge in [-0.15, -0.1) is 22.7 Å². The second kappa shape index (κ2) is 9.26. The van der Waals surface area contributed by atoms with Crippen LogP contribution in [0.15, 0.2) is 97.1 Å². The average molecular weight is 531 g/mol. The van der Waals surface area contributed by atoms with Gasteiger partial charge in [0, 0.05) is 19.5 Å². The summed E-state index contributed by atoms with van der Waals surface area (Å²) in [7, 11) is 0. The Balaban J connectivity index is 1.32. The molecule has 0 amide bonds. The van der Waals surface area contributed by atoms with Gasteiger partial charge in [-0.25, -0.2) is 0 Å². The third-order valence-electron chi connectivity index (χ3n) is 5.66. The van der Waals surface area contributed by atoms with E-state index in [0.717, 1.165) is 66.0 Å². The Morgan fingerprint density at radius 2 is 0.556 bits per heavy atom. The van der Waals surface area contributed by atoms with Crippen LogP contribution in [0.5, 0.6) is 0 Å². The van der Waals surface area contributed by atoms with Gasteiger partial charge in [0.15, 0.2) is 0 Å². The van der Waals surface area contributed by atoms with Crippen molar-refractivity contribution in [1.29, 1.82) is 0 Å². The maximum Gasteiger partial charge on any atom is 0.416 e. The lowest BCUT2D eigenvalue weighted by Crippen LogP contribution is -2.03. The molecule has 36 heavy (non-hydrogen) atoms. The van der Waals surface area contributed by atoms with Crippen LogP contribution in [0.25, 0.3) is 41.8 Å². The first-order valence-corrected chi connectivity index (χ1v) is 12.4. The summed E-state index contributed by atoms with van der Waals surface area (Å²) in [6.45, 7) is 0. The maximum absolute atomic E-state index is 12.8. The minimum atomic E-state index is -4.36. The van der Waals surface area contributed by atoms with Crippen LogP contribution >= 0.6 is 22.7 Å². The van der Waals surface area contributed by atoms with Gasteiger partial charge < -0.3 is 0 Å². The zero-order valence-corrected chi connectivity index (χ0v) is 20.0. The quantitative estimate of drug-likeness (QED) is 0.203. The van der Waals surface area contributed by atoms with Crippen LogP contribution in [-0.4, -0.2) is 0 Å². The monoisotopic (exact) mass is 530 g/mol. The van der Waals surface area contributed by atoms with E-state index in [9.17, 15) is 26.3 Å². The van der Waals surface area contributed by atoms with Crippen molar-refractivity contribution in [2.24, 2.45) is 0 Å². The van der Waals surface area contributed by atoms with E-state index < -0.39 is 23.5 Å². The molecule has 0 spiro atoms. The van der Waals surface area contributed by atoms with E-state index in [1.807, 2.05) is 48.5 Å². The Kier molecular flexibility index (Phi) is 6.26. The lowest BCUT2D eigenvalue weighted by Gasteiger charge is -2.06. The van der Waals surface area contributed by atoms with Crippen molar-refractivity contribution in [2.45, 2.75) is 12.4 Å². The first kappa shape index (κ1) is 24.3. The van der Waals surface area contributed by atoms with Crippen LogP contribution < -0.4 is 0 Å².